The molecular weight excluding hydrogens is 502 g/mol. The molecule has 1 rings (SSSR count). The Kier molecular flexibility index (Phi) is 12.5. The Morgan fingerprint density at radius 2 is 1.58 bits per heavy atom. The van der Waals surface area contributed by atoms with Crippen LogP contribution in [0.15, 0.2) is 0 Å². The van der Waals surface area contributed by atoms with Gasteiger partial charge in [0.15, 0.2) is 0 Å². The van der Waals surface area contributed by atoms with Crippen molar-refractivity contribution < 1.29 is 43.8 Å². The molecule has 0 aromatic rings. The summed E-state index contributed by atoms with van der Waals surface area (Å²) in [6.07, 6.45) is -0.775. The monoisotopic (exact) mass is 525 g/mol. The van der Waals surface area contributed by atoms with Gasteiger partial charge in [-0.1, -0.05) is 21.6 Å². The van der Waals surface area contributed by atoms with E-state index in [2.05, 4.69) is 26.6 Å². The second-order valence-electron chi connectivity index (χ2n) is 6.50. The van der Waals surface area contributed by atoms with E-state index in [-0.39, 0.29) is 11.5 Å². The average Bonchev–Trinajstić information content (AvgIpc) is 2.72. The zero-order valence-electron chi connectivity index (χ0n) is 17.2. The fourth-order valence-corrected chi connectivity index (χ4v) is 6.14. The summed E-state index contributed by atoms with van der Waals surface area (Å²) in [7, 11) is 3.29. The van der Waals surface area contributed by atoms with Crippen LogP contribution in [0.1, 0.15) is 13.3 Å². The third-order valence-corrected chi connectivity index (χ3v) is 8.03. The van der Waals surface area contributed by atoms with Crippen molar-refractivity contribution in [3.63, 3.8) is 0 Å². The van der Waals surface area contributed by atoms with E-state index in [4.69, 9.17) is 5.11 Å². The lowest BCUT2D eigenvalue weighted by Gasteiger charge is -2.22. The number of hydrogen-bond donors (Lipinski definition) is 7. The van der Waals surface area contributed by atoms with E-state index >= 15 is 0 Å². The van der Waals surface area contributed by atoms with E-state index in [1.807, 2.05) is 0 Å². The van der Waals surface area contributed by atoms with Gasteiger partial charge >= 0.3 is 11.9 Å². The van der Waals surface area contributed by atoms with Crippen molar-refractivity contribution in [3.8, 4) is 0 Å². The quantitative estimate of drug-likeness (QED) is 0.186. The van der Waals surface area contributed by atoms with Crippen molar-refractivity contribution in [1.82, 2.24) is 26.6 Å². The summed E-state index contributed by atoms with van der Waals surface area (Å²) in [4.78, 5) is 82.6. The van der Waals surface area contributed by atoms with Gasteiger partial charge in [-0.05, 0) is 9.83 Å². The van der Waals surface area contributed by atoms with Gasteiger partial charge in [0.25, 0.3) is 0 Å². The molecule has 1 aliphatic heterocycles. The van der Waals surface area contributed by atoms with Gasteiger partial charge in [-0.3, -0.25) is 28.8 Å². The molecule has 184 valence electrons. The van der Waals surface area contributed by atoms with Gasteiger partial charge in [0.1, 0.15) is 18.1 Å². The van der Waals surface area contributed by atoms with E-state index in [1.54, 1.807) is 0 Å². The molecule has 3 atom stereocenters. The lowest BCUT2D eigenvalue weighted by Crippen LogP contribution is -2.55. The number of carboxylic acid groups (broad SMARTS) is 2. The Morgan fingerprint density at radius 1 is 0.939 bits per heavy atom. The summed E-state index contributed by atoms with van der Waals surface area (Å²) in [5.74, 6) is -6.56. The first-order valence-corrected chi connectivity index (χ1v) is 13.1. The van der Waals surface area contributed by atoms with Crippen LogP contribution in [0.5, 0.6) is 0 Å². The number of carboxylic acids is 2. The predicted octanol–water partition coefficient (Wildman–Crippen LogP) is -2.70. The third-order valence-electron chi connectivity index (χ3n) is 3.77. The summed E-state index contributed by atoms with van der Waals surface area (Å²) < 4.78 is 0. The number of hydrogen-bond acceptors (Lipinski definition) is 10. The molecular formula is C16H23N5O9S3. The largest absolute Gasteiger partial charge is 0.481 e. The van der Waals surface area contributed by atoms with Crippen molar-refractivity contribution >= 4 is 72.9 Å². The van der Waals surface area contributed by atoms with E-state index in [0.29, 0.717) is 0 Å². The number of carbonyl (C=O) groups excluding carboxylic acids is 5. The number of amides is 5. The van der Waals surface area contributed by atoms with Crippen LogP contribution in [-0.2, 0) is 33.6 Å². The SMILES string of the molecule is CC(=O)N[C@H]1CSSSC[C@@H](C(=O)O)NC(=O)CNC(=O)CNC(=O)[C@H](CC(=O)O)NC1=O. The summed E-state index contributed by atoms with van der Waals surface area (Å²) in [5.41, 5.74) is 0. The normalized spacial score (nSPS) is 24.1. The molecule has 7 N–H and O–H groups in total. The maximum Gasteiger partial charge on any atom is 0.327 e. The standard InChI is InChI=1S/C16H23N5O9S3/c1-7(22)19-9-5-31-33-32-6-10(16(29)30)20-12(24)4-17-11(23)3-18-14(27)8(2-13(25)26)21-15(9)28/h8-10H,2-6H2,1H3,(H,17,23)(H,18,27)(H,19,22)(H,20,24)(H,21,28)(H,25,26)(H,29,30)/t8-,9-,10-/m0/s1. The topological polar surface area (TPSA) is 220 Å². The predicted molar refractivity (Wildman–Crippen MR) is 120 cm³/mol. The van der Waals surface area contributed by atoms with Crippen molar-refractivity contribution in [2.24, 2.45) is 0 Å². The molecule has 0 aliphatic carbocycles. The van der Waals surface area contributed by atoms with E-state index < -0.39 is 79.1 Å². The zero-order valence-corrected chi connectivity index (χ0v) is 19.7. The highest BCUT2D eigenvalue weighted by Crippen LogP contribution is 2.35. The first kappa shape index (κ1) is 28.4. The number of rotatable bonds is 4. The number of carbonyl (C=O) groups is 7. The second-order valence-corrected chi connectivity index (χ2v) is 10.8. The summed E-state index contributed by atoms with van der Waals surface area (Å²) in [6.45, 7) is 0.00215. The maximum atomic E-state index is 12.6. The molecule has 17 heteroatoms. The lowest BCUT2D eigenvalue weighted by molar-refractivity contribution is -0.141. The molecule has 0 aromatic carbocycles. The van der Waals surface area contributed by atoms with Crippen LogP contribution in [0.3, 0.4) is 0 Å². The van der Waals surface area contributed by atoms with Gasteiger partial charge in [-0.25, -0.2) is 4.79 Å². The fraction of sp³-hybridized carbons (Fsp3) is 0.562. The van der Waals surface area contributed by atoms with Crippen LogP contribution >= 0.6 is 31.4 Å². The molecule has 14 nitrogen and oxygen atoms in total. The van der Waals surface area contributed by atoms with Crippen molar-refractivity contribution in [3.05, 3.63) is 0 Å². The summed E-state index contributed by atoms with van der Waals surface area (Å²) in [6, 6.07) is -3.89. The minimum absolute atomic E-state index is 0.0109. The van der Waals surface area contributed by atoms with Gasteiger partial charge in [0, 0.05) is 18.4 Å². The van der Waals surface area contributed by atoms with E-state index in [0.717, 1.165) is 31.4 Å². The average molecular weight is 526 g/mol. The van der Waals surface area contributed by atoms with Gasteiger partial charge < -0.3 is 36.8 Å². The van der Waals surface area contributed by atoms with Crippen LogP contribution in [0.25, 0.3) is 0 Å². The molecule has 0 aromatic heterocycles. The Morgan fingerprint density at radius 3 is 2.18 bits per heavy atom. The van der Waals surface area contributed by atoms with Crippen molar-refractivity contribution in [2.75, 3.05) is 24.6 Å². The minimum atomic E-state index is -1.52. The molecule has 1 fully saturated rings. The maximum absolute atomic E-state index is 12.6. The Bertz CT molecular complexity index is 798. The summed E-state index contributed by atoms with van der Waals surface area (Å²) in [5, 5.41) is 29.5. The van der Waals surface area contributed by atoms with Crippen molar-refractivity contribution in [2.45, 2.75) is 31.5 Å². The molecule has 0 bridgehead atoms. The molecule has 1 saturated heterocycles. The highest BCUT2D eigenvalue weighted by atomic mass is 33.5. The molecule has 33 heavy (non-hydrogen) atoms. The van der Waals surface area contributed by atoms with Crippen LogP contribution < -0.4 is 26.6 Å². The van der Waals surface area contributed by atoms with Crippen LogP contribution in [-0.4, -0.2) is 94.4 Å². The molecule has 1 aliphatic rings. The highest BCUT2D eigenvalue weighted by molar-refractivity contribution is 9.09. The molecule has 0 saturated carbocycles. The fourth-order valence-electron chi connectivity index (χ4n) is 2.26. The second kappa shape index (κ2) is 14.5. The molecule has 5 amide bonds. The van der Waals surface area contributed by atoms with Crippen LogP contribution in [0, 0.1) is 0 Å². The van der Waals surface area contributed by atoms with Crippen molar-refractivity contribution in [1.29, 1.82) is 0 Å². The third kappa shape index (κ3) is 11.7. The van der Waals surface area contributed by atoms with Gasteiger partial charge in [0.2, 0.25) is 29.5 Å². The molecule has 1 heterocycles. The summed E-state index contributed by atoms with van der Waals surface area (Å²) >= 11 is 0. The van der Waals surface area contributed by atoms with Gasteiger partial charge in [-0.2, -0.15) is 0 Å². The Balaban J connectivity index is 3.01. The van der Waals surface area contributed by atoms with Crippen LogP contribution in [0.2, 0.25) is 0 Å². The molecule has 0 spiro atoms. The smallest absolute Gasteiger partial charge is 0.327 e. The van der Waals surface area contributed by atoms with Crippen LogP contribution in [0.4, 0.5) is 0 Å². The van der Waals surface area contributed by atoms with E-state index in [1.165, 1.54) is 6.92 Å². The van der Waals surface area contributed by atoms with Gasteiger partial charge in [0.05, 0.1) is 19.5 Å². The van der Waals surface area contributed by atoms with Gasteiger partial charge in [-0.15, -0.1) is 0 Å². The minimum Gasteiger partial charge on any atom is -0.481 e. The number of nitrogens with one attached hydrogen (secondary N) is 5. The molecule has 0 radical (unpaired) electrons. The van der Waals surface area contributed by atoms with E-state index in [9.17, 15) is 38.7 Å². The zero-order chi connectivity index (χ0) is 25.0. The highest BCUT2D eigenvalue weighted by Gasteiger charge is 2.29. The lowest BCUT2D eigenvalue weighted by atomic mass is 10.1. The Hall–Kier alpha value is -2.66. The molecule has 0 unspecified atom stereocenters. The first-order chi connectivity index (χ1) is 15.5. The Labute approximate surface area is 199 Å². The first-order valence-electron chi connectivity index (χ1n) is 9.26. The number of aliphatic carboxylic acids is 2.